The van der Waals surface area contributed by atoms with Gasteiger partial charge in [-0.2, -0.15) is 0 Å². The quantitative estimate of drug-likeness (QED) is 0.0338. The number of thiazole rings is 4. The maximum absolute atomic E-state index is 9.96. The van der Waals surface area contributed by atoms with Crippen molar-refractivity contribution < 1.29 is 288 Å². The fraction of sp³-hybridized carbons (Fsp3) is 0.255. The van der Waals surface area contributed by atoms with Crippen molar-refractivity contribution in [3.8, 4) is 61.6 Å². The first-order valence-corrected chi connectivity index (χ1v) is 37.2. The van der Waals surface area contributed by atoms with Gasteiger partial charge in [-0.25, -0.2) is 19.9 Å². The molecular weight excluding hydrogens is 2160 g/mol. The number of carbonyl (C=O) groups excluding carboxylic acids is 2. The van der Waals surface area contributed by atoms with E-state index in [0.29, 0.717) is 64.4 Å². The molecule has 0 unspecified atom stereocenters. The summed E-state index contributed by atoms with van der Waals surface area (Å²) in [5, 5.41) is 39.6. The van der Waals surface area contributed by atoms with Gasteiger partial charge in [0.15, 0.2) is 3.92 Å². The van der Waals surface area contributed by atoms with Gasteiger partial charge in [0.25, 0.3) is 28.5 Å². The van der Waals surface area contributed by atoms with Crippen LogP contribution in [0, 0.1) is 11.8 Å². The first kappa shape index (κ1) is 107. The monoisotopic (exact) mass is 2200 g/mol. The molecule has 4 aromatic carbocycles. The number of hydrogen-bond donors (Lipinski definition) is 2. The molecule has 8 aromatic rings. The number of ether oxygens (including phenoxy) is 6. The van der Waals surface area contributed by atoms with Gasteiger partial charge in [-0.1, -0.05) is 96.3 Å². The van der Waals surface area contributed by atoms with Crippen molar-refractivity contribution in [1.29, 1.82) is 0 Å². The number of hydrogen-bond acceptors (Lipinski definition) is 22. The standard InChI is InChI=1S/C13H11BrClNO2S.C10H7BrClNO2S.C9H5BrClNO2S.C7H7ClO2.C4H7Br.C3HBr2NS.CH2Cl2.2CH3F.2CH2O3.BBr3.4K.2H/c14-12-6-16-13(19-12)18-11-4-3-9(5-10(11)15)17-7-8-1-2-8;1-14-6-2-3-8(7(12)4-6)15-10-13-5-9(11)16-10;10-8-4-12-9(15-8)14-7-2-1-5(13)3-6(7)11;1-10-5-2-3-7(9)6(8)4-5;5-3-4-1-2-4;4-2-1-6-3(5)7-2;2-1-3;2*1-2;2*2-1-4-3;2-1(3)4;;;;;;/h3-6,8H,1-2,7H2;2-5H,1H3;1-4,13H;2-4,9H,1H3;4H,1-3H2;1H;1H2;2*1H3;2*1,3H;;;;;;;/q;;;;;;;;;;;;4*+1;2*-1/p-2/i;;;;;;;2*1D;;;;;;;;;. The second kappa shape index (κ2) is 72.1. The molecule has 95 heavy (non-hydrogen) atoms. The van der Waals surface area contributed by atoms with Crippen molar-refractivity contribution >= 4 is 274 Å². The maximum atomic E-state index is 9.96. The zero-order valence-corrected chi connectivity index (χ0v) is 84.7. The molecule has 4 heterocycles. The smallest absolute Gasteiger partial charge is 1.00 e. The number of rotatable bonds is 14. The van der Waals surface area contributed by atoms with Gasteiger partial charge in [-0.3, -0.25) is 18.4 Å². The molecule has 18 nitrogen and oxygen atoms in total. The summed E-state index contributed by atoms with van der Waals surface area (Å²) in [7, 11) is 1.13. The maximum Gasteiger partial charge on any atom is 1.00 e. The van der Waals surface area contributed by atoms with Crippen molar-refractivity contribution in [3.05, 3.63) is 137 Å². The largest absolute Gasteiger partial charge is 1.00 e. The topological polar surface area (TPSA) is 246 Å². The average molecular weight is 2210 g/mol. The van der Waals surface area contributed by atoms with Crippen LogP contribution in [0.2, 0.25) is 20.1 Å². The minimum atomic E-state index is -1.00. The van der Waals surface area contributed by atoms with Crippen LogP contribution in [0.4, 0.5) is 8.78 Å². The fourth-order valence-corrected chi connectivity index (χ4v) is 11.4. The van der Waals surface area contributed by atoms with E-state index in [2.05, 4.69) is 173 Å². The second-order valence-corrected chi connectivity index (χ2v) is 35.2. The third-order valence-electron chi connectivity index (χ3n) is 8.70. The van der Waals surface area contributed by atoms with E-state index in [1.807, 2.05) is 6.07 Å². The molecule has 2 N–H and O–H groups in total. The minimum Gasteiger partial charge on any atom is -1.00 e. The van der Waals surface area contributed by atoms with Crippen LogP contribution in [0.3, 0.4) is 0 Å². The van der Waals surface area contributed by atoms with Crippen LogP contribution in [-0.4, -0.2) is 92.1 Å². The van der Waals surface area contributed by atoms with Crippen LogP contribution in [0.1, 0.15) is 31.3 Å². The Morgan fingerprint density at radius 3 is 1.16 bits per heavy atom. The molecule has 2 aliphatic carbocycles. The number of phenols is 2. The molecule has 0 saturated heterocycles. The molecule has 0 atom stereocenters. The molecule has 0 radical (unpaired) electrons. The van der Waals surface area contributed by atoms with Crippen LogP contribution in [0.5, 0.6) is 61.6 Å². The Morgan fingerprint density at radius 2 is 0.905 bits per heavy atom. The molecule has 2 aliphatic rings. The SMILES string of the molecule is BrB(Br)Br.BrCC1CC1.Brc1cnc(Br)s1.COc1ccc(O)c(Cl)c1.COc1ccc(Oc2ncc(Br)s2)c(Cl)c1.ClCCl.Clc1cc(OCC2CC2)ccc1Oc1ncc(Br)s1.O=CO[O-].O=CO[O-].Oc1ccc(Oc2ncc(Br)s2)c(Cl)c1.[2H]CF.[2H]CF.[H-].[H-].[K+].[K+].[K+].[K+]. The number of phenolic OH excluding ortho intramolecular Hbond substituents is 2. The Kier molecular flexibility index (Phi) is 80.8. The van der Waals surface area contributed by atoms with Crippen molar-refractivity contribution in [2.75, 3.05) is 45.8 Å². The zero-order valence-electron chi connectivity index (χ0n) is 54.1. The predicted octanol–water partition coefficient (Wildman–Crippen LogP) is 9.93. The molecule has 0 amide bonds. The van der Waals surface area contributed by atoms with E-state index >= 15 is 0 Å². The summed E-state index contributed by atoms with van der Waals surface area (Å²) in [4.78, 5) is 38.6. The summed E-state index contributed by atoms with van der Waals surface area (Å²) in [5.41, 5.74) is 0. The Labute approximate surface area is 846 Å². The Bertz CT molecular complexity index is 3260. The number of halogens is 17. The predicted molar refractivity (Wildman–Crippen MR) is 394 cm³/mol. The Hall–Kier alpha value is 5.19. The zero-order chi connectivity index (χ0) is 70.7. The molecule has 0 aliphatic heterocycles. The molecule has 10 rings (SSSR count). The van der Waals surface area contributed by atoms with E-state index in [9.17, 15) is 8.78 Å². The van der Waals surface area contributed by atoms with Crippen LogP contribution >= 0.6 is 258 Å². The average Bonchev–Trinajstić information content (AvgIpc) is 1.84. The molecule has 2 saturated carbocycles. The summed E-state index contributed by atoms with van der Waals surface area (Å²) in [6.07, 6.45) is 12.2. The molecular formula is C51H50BBr9Cl6F2K4N4O14S4. The second-order valence-electron chi connectivity index (χ2n) is 14.9. The molecule has 4 aromatic heterocycles. The van der Waals surface area contributed by atoms with Crippen molar-refractivity contribution in [2.45, 2.75) is 25.7 Å². The Balaban J connectivity index is -0.000000160. The summed E-state index contributed by atoms with van der Waals surface area (Å²) in [5.74, 6) is 5.68. The molecule has 0 spiro atoms. The normalized spacial score (nSPS) is 10.5. The number of carbonyl (C=O) groups is 2. The van der Waals surface area contributed by atoms with Gasteiger partial charge in [0.1, 0.15) is 46.0 Å². The van der Waals surface area contributed by atoms with Crippen LogP contribution in [-0.2, 0) is 19.4 Å². The number of nitrogens with zero attached hydrogens (tertiary/aromatic N) is 4. The summed E-state index contributed by atoms with van der Waals surface area (Å²) >= 11 is 68.0. The van der Waals surface area contributed by atoms with E-state index in [0.717, 1.165) is 43.3 Å². The number of aromatic nitrogens is 4. The van der Waals surface area contributed by atoms with E-state index in [1.165, 1.54) is 83.2 Å². The summed E-state index contributed by atoms with van der Waals surface area (Å²) in [6.45, 7) is 0.413. The van der Waals surface area contributed by atoms with Gasteiger partial charge in [0.05, 0.1) is 103 Å². The van der Waals surface area contributed by atoms with Gasteiger partial charge in [-0.15, -0.1) is 81.8 Å². The third kappa shape index (κ3) is 60.7. The van der Waals surface area contributed by atoms with Gasteiger partial charge in [0.2, 0.25) is 0 Å². The number of aromatic hydroxyl groups is 2. The number of benzene rings is 4. The van der Waals surface area contributed by atoms with Crippen molar-refractivity contribution in [3.63, 3.8) is 0 Å². The number of alkyl halides is 5. The van der Waals surface area contributed by atoms with Gasteiger partial charge in [0, 0.05) is 29.6 Å². The van der Waals surface area contributed by atoms with Crippen LogP contribution in [0.25, 0.3) is 0 Å². The number of methoxy groups -OCH3 is 2. The first-order valence-electron chi connectivity index (χ1n) is 24.9. The first-order chi connectivity index (χ1) is 44.3. The fourth-order valence-electron chi connectivity index (χ4n) is 4.68. The van der Waals surface area contributed by atoms with Gasteiger partial charge >= 0.3 is 209 Å². The van der Waals surface area contributed by atoms with E-state index < -0.39 is 14.3 Å². The third-order valence-corrected chi connectivity index (χ3v) is 16.8. The van der Waals surface area contributed by atoms with Crippen LogP contribution < -0.4 is 244 Å². The van der Waals surface area contributed by atoms with Gasteiger partial charge < -0.3 is 61.8 Å². The van der Waals surface area contributed by atoms with Gasteiger partial charge in [-0.05, 0) is 166 Å². The van der Waals surface area contributed by atoms with Crippen molar-refractivity contribution in [2.24, 2.45) is 11.8 Å². The molecule has 44 heteroatoms. The molecule has 508 valence electrons. The van der Waals surface area contributed by atoms with Crippen LogP contribution in [0.15, 0.2) is 117 Å². The summed E-state index contributed by atoms with van der Waals surface area (Å²) < 4.78 is 68.1. The van der Waals surface area contributed by atoms with E-state index in [1.54, 1.807) is 98.9 Å². The molecule has 0 bridgehead atoms. The van der Waals surface area contributed by atoms with E-state index in [4.69, 9.17) is 131 Å². The Morgan fingerprint density at radius 1 is 0.589 bits per heavy atom. The molecule has 2 fully saturated rings. The minimum absolute atomic E-state index is 0. The summed E-state index contributed by atoms with van der Waals surface area (Å²) in [6, 6.07) is 19.9. The van der Waals surface area contributed by atoms with Crippen molar-refractivity contribution in [1.82, 2.24) is 19.9 Å². The van der Waals surface area contributed by atoms with E-state index in [-0.39, 0.29) is 241 Å².